The van der Waals surface area contributed by atoms with Crippen molar-refractivity contribution in [3.63, 3.8) is 0 Å². The number of esters is 1. The maximum Gasteiger partial charge on any atom is 0.348 e. The van der Waals surface area contributed by atoms with Gasteiger partial charge in [0.2, 0.25) is 0 Å². The molecule has 0 amide bonds. The van der Waals surface area contributed by atoms with Crippen molar-refractivity contribution in [2.24, 2.45) is 0 Å². The van der Waals surface area contributed by atoms with Crippen LogP contribution in [0, 0.1) is 6.92 Å². The molecule has 2 heterocycles. The minimum atomic E-state index is -0.942. The molecular formula is C26H29N3O5S. The lowest BCUT2D eigenvalue weighted by Crippen LogP contribution is -2.34. The van der Waals surface area contributed by atoms with E-state index in [0.717, 1.165) is 22.1 Å². The van der Waals surface area contributed by atoms with Crippen molar-refractivity contribution in [1.82, 2.24) is 14.5 Å². The number of aromatic nitrogens is 2. The van der Waals surface area contributed by atoms with Crippen molar-refractivity contribution in [1.29, 1.82) is 0 Å². The monoisotopic (exact) mass is 495 g/mol. The molecule has 1 atom stereocenters. The van der Waals surface area contributed by atoms with Crippen molar-refractivity contribution < 1.29 is 19.4 Å². The molecule has 4 rings (SSSR count). The third-order valence-corrected chi connectivity index (χ3v) is 6.77. The largest absolute Gasteiger partial charge is 0.491 e. The zero-order chi connectivity index (χ0) is 25.1. The molecule has 8 nitrogen and oxygen atoms in total. The molecule has 0 aliphatic rings. The van der Waals surface area contributed by atoms with E-state index >= 15 is 0 Å². The average Bonchev–Trinajstić information content (AvgIpc) is 3.16. The van der Waals surface area contributed by atoms with Crippen LogP contribution in [0.3, 0.4) is 0 Å². The third-order valence-electron chi connectivity index (χ3n) is 5.60. The molecule has 0 bridgehead atoms. The van der Waals surface area contributed by atoms with Gasteiger partial charge in [0.05, 0.1) is 25.1 Å². The standard InChI is InChI=1S/C26H29N3O5S/c1-5-33-26(32)23-16(2)22-24(35-23)27-21(14-28(3)4)29(25(22)31)13-19(30)15-34-20-11-10-17-8-6-7-9-18(17)12-20/h6-12,19,30H,5,13-15H2,1-4H3. The zero-order valence-electron chi connectivity index (χ0n) is 20.3. The Labute approximate surface area is 207 Å². The lowest BCUT2D eigenvalue weighted by atomic mass is 10.1. The molecule has 184 valence electrons. The van der Waals surface area contributed by atoms with Gasteiger partial charge in [-0.15, -0.1) is 11.3 Å². The van der Waals surface area contributed by atoms with Crippen molar-refractivity contribution in [2.45, 2.75) is 33.0 Å². The minimum absolute atomic E-state index is 0.0148. The van der Waals surface area contributed by atoms with Gasteiger partial charge in [-0.25, -0.2) is 9.78 Å². The molecule has 2 aromatic carbocycles. The Bertz CT molecular complexity index is 1430. The molecule has 0 aliphatic heterocycles. The van der Waals surface area contributed by atoms with Crippen molar-refractivity contribution in [3.05, 3.63) is 69.1 Å². The maximum absolute atomic E-state index is 13.5. The fourth-order valence-corrected chi connectivity index (χ4v) is 5.04. The molecule has 0 fully saturated rings. The van der Waals surface area contributed by atoms with Crippen LogP contribution in [-0.4, -0.2) is 58.9 Å². The number of carbonyl (C=O) groups is 1. The first-order valence-electron chi connectivity index (χ1n) is 11.4. The molecule has 0 aliphatic carbocycles. The summed E-state index contributed by atoms with van der Waals surface area (Å²) in [6, 6.07) is 13.7. The van der Waals surface area contributed by atoms with E-state index in [0.29, 0.717) is 38.8 Å². The first-order valence-corrected chi connectivity index (χ1v) is 12.2. The SMILES string of the molecule is CCOC(=O)c1sc2nc(CN(C)C)n(CC(O)COc3ccc4ccccc4c3)c(=O)c2c1C. The van der Waals surface area contributed by atoms with E-state index in [4.69, 9.17) is 9.47 Å². The fraction of sp³-hybridized carbons (Fsp3) is 0.346. The molecule has 9 heteroatoms. The Kier molecular flexibility index (Phi) is 7.49. The van der Waals surface area contributed by atoms with Crippen LogP contribution in [0.5, 0.6) is 5.75 Å². The topological polar surface area (TPSA) is 93.9 Å². The average molecular weight is 496 g/mol. The quantitative estimate of drug-likeness (QED) is 0.355. The second-order valence-electron chi connectivity index (χ2n) is 8.61. The summed E-state index contributed by atoms with van der Waals surface area (Å²) in [7, 11) is 3.76. The van der Waals surface area contributed by atoms with Crippen molar-refractivity contribution in [2.75, 3.05) is 27.3 Å². The van der Waals surface area contributed by atoms with E-state index in [-0.39, 0.29) is 25.3 Å². The Hall–Kier alpha value is -3.27. The number of carbonyl (C=O) groups excluding carboxylic acids is 1. The van der Waals surface area contributed by atoms with Crippen LogP contribution in [0.15, 0.2) is 47.3 Å². The molecule has 0 saturated carbocycles. The Morgan fingerprint density at radius 2 is 1.94 bits per heavy atom. The highest BCUT2D eigenvalue weighted by atomic mass is 32.1. The normalized spacial score (nSPS) is 12.4. The van der Waals surface area contributed by atoms with Gasteiger partial charge in [0, 0.05) is 0 Å². The Balaban J connectivity index is 1.61. The number of hydrogen-bond donors (Lipinski definition) is 1. The van der Waals surface area contributed by atoms with E-state index in [2.05, 4.69) is 4.98 Å². The number of aliphatic hydroxyl groups excluding tert-OH is 1. The summed E-state index contributed by atoms with van der Waals surface area (Å²) in [6.07, 6.45) is -0.942. The second kappa shape index (κ2) is 10.6. The molecule has 2 aromatic heterocycles. The summed E-state index contributed by atoms with van der Waals surface area (Å²) in [6.45, 7) is 4.14. The predicted molar refractivity (Wildman–Crippen MR) is 137 cm³/mol. The number of aryl methyl sites for hydroxylation is 1. The van der Waals surface area contributed by atoms with Gasteiger partial charge in [-0.05, 0) is 56.4 Å². The molecule has 0 spiro atoms. The van der Waals surface area contributed by atoms with Crippen LogP contribution in [0.25, 0.3) is 21.0 Å². The Morgan fingerprint density at radius 3 is 2.66 bits per heavy atom. The van der Waals surface area contributed by atoms with Gasteiger partial charge in [0.25, 0.3) is 5.56 Å². The van der Waals surface area contributed by atoms with Gasteiger partial charge < -0.3 is 19.5 Å². The number of rotatable bonds is 9. The van der Waals surface area contributed by atoms with E-state index in [1.54, 1.807) is 13.8 Å². The number of thiophene rings is 1. The van der Waals surface area contributed by atoms with Gasteiger partial charge in [0.15, 0.2) is 0 Å². The summed E-state index contributed by atoms with van der Waals surface area (Å²) >= 11 is 1.16. The van der Waals surface area contributed by atoms with Crippen molar-refractivity contribution >= 4 is 38.3 Å². The van der Waals surface area contributed by atoms with E-state index in [1.165, 1.54) is 4.57 Å². The smallest absolute Gasteiger partial charge is 0.348 e. The number of ether oxygens (including phenoxy) is 2. The highest BCUT2D eigenvalue weighted by Gasteiger charge is 2.23. The number of aliphatic hydroxyl groups is 1. The first-order chi connectivity index (χ1) is 16.8. The van der Waals surface area contributed by atoms with Gasteiger partial charge in [-0.3, -0.25) is 9.36 Å². The minimum Gasteiger partial charge on any atom is -0.491 e. The number of benzene rings is 2. The summed E-state index contributed by atoms with van der Waals surface area (Å²) in [5, 5.41) is 13.3. The lowest BCUT2D eigenvalue weighted by molar-refractivity contribution is 0.0531. The fourth-order valence-electron chi connectivity index (χ4n) is 3.95. The highest BCUT2D eigenvalue weighted by molar-refractivity contribution is 7.20. The van der Waals surface area contributed by atoms with Gasteiger partial charge in [-0.2, -0.15) is 0 Å². The van der Waals surface area contributed by atoms with Gasteiger partial charge >= 0.3 is 5.97 Å². The first kappa shape index (κ1) is 24.8. The molecule has 0 saturated heterocycles. The molecule has 0 radical (unpaired) electrons. The maximum atomic E-state index is 13.5. The van der Waals surface area contributed by atoms with Crippen LogP contribution in [0.2, 0.25) is 0 Å². The van der Waals surface area contributed by atoms with Crippen LogP contribution >= 0.6 is 11.3 Å². The summed E-state index contributed by atoms with van der Waals surface area (Å²) in [4.78, 5) is 33.3. The third kappa shape index (κ3) is 5.37. The molecule has 35 heavy (non-hydrogen) atoms. The number of hydrogen-bond acceptors (Lipinski definition) is 8. The molecule has 1 N–H and O–H groups in total. The highest BCUT2D eigenvalue weighted by Crippen LogP contribution is 2.28. The number of nitrogens with zero attached hydrogens (tertiary/aromatic N) is 3. The summed E-state index contributed by atoms with van der Waals surface area (Å²) < 4.78 is 12.4. The van der Waals surface area contributed by atoms with Crippen molar-refractivity contribution in [3.8, 4) is 5.75 Å². The van der Waals surface area contributed by atoms with Gasteiger partial charge in [-0.1, -0.05) is 30.3 Å². The van der Waals surface area contributed by atoms with E-state index in [9.17, 15) is 14.7 Å². The van der Waals surface area contributed by atoms with Crippen LogP contribution in [0.4, 0.5) is 0 Å². The Morgan fingerprint density at radius 1 is 1.20 bits per heavy atom. The predicted octanol–water partition coefficient (Wildman–Crippen LogP) is 3.60. The lowest BCUT2D eigenvalue weighted by Gasteiger charge is -2.19. The summed E-state index contributed by atoms with van der Waals surface area (Å²) in [5.41, 5.74) is 0.258. The van der Waals surface area contributed by atoms with Crippen LogP contribution in [0.1, 0.15) is 28.0 Å². The van der Waals surface area contributed by atoms with Gasteiger partial charge in [0.1, 0.15) is 34.0 Å². The molecule has 4 aromatic rings. The zero-order valence-corrected chi connectivity index (χ0v) is 21.1. The second-order valence-corrected chi connectivity index (χ2v) is 9.61. The molecule has 1 unspecified atom stereocenters. The van der Waals surface area contributed by atoms with E-state index < -0.39 is 12.1 Å². The molecular weight excluding hydrogens is 466 g/mol. The van der Waals surface area contributed by atoms with Crippen LogP contribution < -0.4 is 10.3 Å². The number of fused-ring (bicyclic) bond motifs is 2. The summed E-state index contributed by atoms with van der Waals surface area (Å²) in [5.74, 6) is 0.691. The van der Waals surface area contributed by atoms with Crippen LogP contribution in [-0.2, 0) is 17.8 Å². The van der Waals surface area contributed by atoms with E-state index in [1.807, 2.05) is 61.5 Å².